The summed E-state index contributed by atoms with van der Waals surface area (Å²) < 4.78 is 5.03. The molecule has 8 heteroatoms. The van der Waals surface area contributed by atoms with Gasteiger partial charge in [0.15, 0.2) is 0 Å². The second-order valence-electron chi connectivity index (χ2n) is 4.44. The Bertz CT molecular complexity index is 825. The van der Waals surface area contributed by atoms with E-state index < -0.39 is 5.97 Å². The van der Waals surface area contributed by atoms with Crippen LogP contribution >= 0.6 is 23.1 Å². The first kappa shape index (κ1) is 14.0. The zero-order valence-corrected chi connectivity index (χ0v) is 12.9. The average Bonchev–Trinajstić information content (AvgIpc) is 3.01. The molecule has 0 aliphatic heterocycles. The van der Waals surface area contributed by atoms with Gasteiger partial charge >= 0.3 is 5.97 Å². The van der Waals surface area contributed by atoms with Crippen molar-refractivity contribution in [2.45, 2.75) is 24.6 Å². The molecule has 3 heterocycles. The third kappa shape index (κ3) is 2.64. The third-order valence-electron chi connectivity index (χ3n) is 2.92. The van der Waals surface area contributed by atoms with E-state index in [1.165, 1.54) is 29.4 Å². The molecule has 0 bridgehead atoms. The number of carboxylic acid groups (broad SMARTS) is 1. The number of aryl methyl sites for hydroxylation is 2. The molecule has 3 aromatic rings. The van der Waals surface area contributed by atoms with Crippen LogP contribution in [0.4, 0.5) is 0 Å². The van der Waals surface area contributed by atoms with E-state index in [1.54, 1.807) is 6.92 Å². The van der Waals surface area contributed by atoms with Crippen LogP contribution in [0.3, 0.4) is 0 Å². The van der Waals surface area contributed by atoms with Crippen molar-refractivity contribution in [1.29, 1.82) is 0 Å². The molecule has 3 aromatic heterocycles. The number of carboxylic acids is 1. The summed E-state index contributed by atoms with van der Waals surface area (Å²) >= 11 is 2.67. The van der Waals surface area contributed by atoms with Crippen LogP contribution in [0.25, 0.3) is 10.2 Å². The topological polar surface area (TPSA) is 89.1 Å². The zero-order valence-electron chi connectivity index (χ0n) is 11.3. The summed E-state index contributed by atoms with van der Waals surface area (Å²) in [5.41, 5.74) is 1.54. The minimum Gasteiger partial charge on any atom is -0.477 e. The van der Waals surface area contributed by atoms with Crippen LogP contribution < -0.4 is 0 Å². The van der Waals surface area contributed by atoms with Gasteiger partial charge in [-0.1, -0.05) is 16.9 Å². The highest BCUT2D eigenvalue weighted by Gasteiger charge is 2.18. The molecule has 108 valence electrons. The van der Waals surface area contributed by atoms with Gasteiger partial charge in [-0.3, -0.25) is 0 Å². The first-order valence-electron chi connectivity index (χ1n) is 6.08. The van der Waals surface area contributed by atoms with Crippen LogP contribution in [-0.2, 0) is 5.75 Å². The Labute approximate surface area is 128 Å². The van der Waals surface area contributed by atoms with Gasteiger partial charge in [-0.05, 0) is 19.4 Å². The molecule has 0 amide bonds. The molecule has 21 heavy (non-hydrogen) atoms. The standard InChI is InChI=1S/C13H11N3O3S2/c1-6-3-8(16-19-6)4-20-11-9-7(2)10(13(17)18)21-12(9)15-5-14-11/h3,5H,4H2,1-2H3,(H,17,18). The lowest BCUT2D eigenvalue weighted by molar-refractivity contribution is 0.0701. The Balaban J connectivity index is 1.96. The van der Waals surface area contributed by atoms with Crippen LogP contribution in [0.1, 0.15) is 26.7 Å². The van der Waals surface area contributed by atoms with Crippen molar-refractivity contribution < 1.29 is 14.4 Å². The number of fused-ring (bicyclic) bond motifs is 1. The Morgan fingerprint density at radius 2 is 2.24 bits per heavy atom. The SMILES string of the molecule is Cc1cc(CSc2ncnc3sc(C(=O)O)c(C)c23)no1. The largest absolute Gasteiger partial charge is 0.477 e. The van der Waals surface area contributed by atoms with Crippen LogP contribution in [0.15, 0.2) is 21.9 Å². The molecular weight excluding hydrogens is 310 g/mol. The predicted octanol–water partition coefficient (Wildman–Crippen LogP) is 3.29. The van der Waals surface area contributed by atoms with Gasteiger partial charge in [0.25, 0.3) is 0 Å². The fourth-order valence-electron chi connectivity index (χ4n) is 1.98. The summed E-state index contributed by atoms with van der Waals surface area (Å²) in [5, 5.41) is 14.7. The molecule has 0 unspecified atom stereocenters. The maximum Gasteiger partial charge on any atom is 0.346 e. The van der Waals surface area contributed by atoms with Gasteiger partial charge in [0.2, 0.25) is 0 Å². The number of aromatic nitrogens is 3. The number of hydrogen-bond donors (Lipinski definition) is 1. The smallest absolute Gasteiger partial charge is 0.346 e. The van der Waals surface area contributed by atoms with E-state index in [0.717, 1.165) is 21.9 Å². The number of nitrogens with zero attached hydrogens (tertiary/aromatic N) is 3. The van der Waals surface area contributed by atoms with Crippen molar-refractivity contribution in [1.82, 2.24) is 15.1 Å². The Morgan fingerprint density at radius 3 is 2.90 bits per heavy atom. The predicted molar refractivity (Wildman–Crippen MR) is 79.9 cm³/mol. The molecule has 0 atom stereocenters. The molecule has 0 spiro atoms. The monoisotopic (exact) mass is 321 g/mol. The number of carbonyl (C=O) groups is 1. The maximum atomic E-state index is 11.2. The number of thiophene rings is 1. The molecule has 1 N–H and O–H groups in total. The fourth-order valence-corrected chi connectivity index (χ4v) is 3.97. The van der Waals surface area contributed by atoms with Crippen molar-refractivity contribution in [3.63, 3.8) is 0 Å². The molecule has 0 aliphatic rings. The van der Waals surface area contributed by atoms with Crippen LogP contribution in [-0.4, -0.2) is 26.2 Å². The molecule has 0 aromatic carbocycles. The van der Waals surface area contributed by atoms with Crippen LogP contribution in [0.5, 0.6) is 0 Å². The van der Waals surface area contributed by atoms with Crippen molar-refractivity contribution in [3.8, 4) is 0 Å². The van der Waals surface area contributed by atoms with E-state index in [-0.39, 0.29) is 0 Å². The second-order valence-corrected chi connectivity index (χ2v) is 6.40. The summed E-state index contributed by atoms with van der Waals surface area (Å²) in [4.78, 5) is 20.7. The first-order valence-corrected chi connectivity index (χ1v) is 7.89. The molecule has 3 rings (SSSR count). The van der Waals surface area contributed by atoms with Crippen molar-refractivity contribution >= 4 is 39.3 Å². The van der Waals surface area contributed by atoms with Gasteiger partial charge in [-0.15, -0.1) is 11.3 Å². The van der Waals surface area contributed by atoms with Crippen LogP contribution in [0, 0.1) is 13.8 Å². The van der Waals surface area contributed by atoms with E-state index in [2.05, 4.69) is 15.1 Å². The molecule has 6 nitrogen and oxygen atoms in total. The van der Waals surface area contributed by atoms with Gasteiger partial charge in [0.1, 0.15) is 26.8 Å². The van der Waals surface area contributed by atoms with Crippen molar-refractivity contribution in [3.05, 3.63) is 34.3 Å². The Hall–Kier alpha value is -1.93. The fraction of sp³-hybridized carbons (Fsp3) is 0.231. The summed E-state index contributed by atoms with van der Waals surface area (Å²) in [6.45, 7) is 3.63. The highest BCUT2D eigenvalue weighted by Crippen LogP contribution is 2.35. The van der Waals surface area contributed by atoms with Gasteiger partial charge < -0.3 is 9.63 Å². The minimum atomic E-state index is -0.932. The Kier molecular flexibility index (Phi) is 3.64. The number of thioether (sulfide) groups is 1. The highest BCUT2D eigenvalue weighted by atomic mass is 32.2. The maximum absolute atomic E-state index is 11.2. The number of aromatic carboxylic acids is 1. The van der Waals surface area contributed by atoms with E-state index >= 15 is 0 Å². The van der Waals surface area contributed by atoms with Crippen LogP contribution in [0.2, 0.25) is 0 Å². The lowest BCUT2D eigenvalue weighted by Gasteiger charge is -2.01. The minimum absolute atomic E-state index is 0.310. The third-order valence-corrected chi connectivity index (χ3v) is 5.13. The summed E-state index contributed by atoms with van der Waals surface area (Å²) in [7, 11) is 0. The van der Waals surface area contributed by atoms with Gasteiger partial charge in [0, 0.05) is 17.2 Å². The second kappa shape index (κ2) is 5.45. The zero-order chi connectivity index (χ0) is 15.0. The normalized spacial score (nSPS) is 11.1. The summed E-state index contributed by atoms with van der Waals surface area (Å²) in [6.07, 6.45) is 1.46. The van der Waals surface area contributed by atoms with Crippen molar-refractivity contribution in [2.75, 3.05) is 0 Å². The van der Waals surface area contributed by atoms with Gasteiger partial charge in [-0.2, -0.15) is 0 Å². The van der Waals surface area contributed by atoms with Gasteiger partial charge in [-0.25, -0.2) is 14.8 Å². The number of rotatable bonds is 4. The summed E-state index contributed by atoms with van der Waals surface area (Å²) in [5.74, 6) is 0.443. The quantitative estimate of drug-likeness (QED) is 0.582. The first-order chi connectivity index (χ1) is 10.1. The summed E-state index contributed by atoms with van der Waals surface area (Å²) in [6, 6.07) is 1.87. The molecular formula is C13H11N3O3S2. The van der Waals surface area contributed by atoms with E-state index in [9.17, 15) is 9.90 Å². The highest BCUT2D eigenvalue weighted by molar-refractivity contribution is 7.98. The van der Waals surface area contributed by atoms with E-state index in [0.29, 0.717) is 21.0 Å². The van der Waals surface area contributed by atoms with E-state index in [1.807, 2.05) is 13.0 Å². The van der Waals surface area contributed by atoms with E-state index in [4.69, 9.17) is 4.52 Å². The Morgan fingerprint density at radius 1 is 1.43 bits per heavy atom. The number of hydrogen-bond acceptors (Lipinski definition) is 7. The molecule has 0 fully saturated rings. The molecule has 0 saturated carbocycles. The lowest BCUT2D eigenvalue weighted by Crippen LogP contribution is -1.94. The average molecular weight is 321 g/mol. The van der Waals surface area contributed by atoms with Crippen molar-refractivity contribution in [2.24, 2.45) is 0 Å². The molecule has 0 aliphatic carbocycles. The molecule has 0 radical (unpaired) electrons. The molecule has 0 saturated heterocycles. The van der Waals surface area contributed by atoms with Gasteiger partial charge in [0.05, 0.1) is 5.69 Å². The lowest BCUT2D eigenvalue weighted by atomic mass is 10.2.